The van der Waals surface area contributed by atoms with Crippen LogP contribution >= 0.6 is 11.3 Å². The van der Waals surface area contributed by atoms with E-state index in [0.717, 1.165) is 16.4 Å². The van der Waals surface area contributed by atoms with Crippen molar-refractivity contribution in [2.24, 2.45) is 0 Å². The average molecular weight is 778 g/mol. The molecule has 0 fully saturated rings. The molecule has 1 aromatic heterocycles. The maximum atomic E-state index is 5.46. The van der Waals surface area contributed by atoms with Crippen LogP contribution in [-0.2, 0) is 25.8 Å². The van der Waals surface area contributed by atoms with Gasteiger partial charge in [0, 0.05) is 36.8 Å². The molecule has 0 spiro atoms. The summed E-state index contributed by atoms with van der Waals surface area (Å²) in [5.74, 6) is 0.803. The minimum absolute atomic E-state index is 0. The molecule has 44 heavy (non-hydrogen) atoms. The molecule has 4 rings (SSSR count). The Morgan fingerprint density at radius 3 is 1.55 bits per heavy atom. The van der Waals surface area contributed by atoms with Gasteiger partial charge in [-0.05, 0) is 49.8 Å². The molecule has 1 atom stereocenters. The fraction of sp³-hybridized carbons (Fsp3) is 0.432. The van der Waals surface area contributed by atoms with Crippen molar-refractivity contribution in [2.45, 2.75) is 66.3 Å². The van der Waals surface area contributed by atoms with Gasteiger partial charge in [-0.2, -0.15) is 42.3 Å². The molecule has 5 nitrogen and oxygen atoms in total. The van der Waals surface area contributed by atoms with Gasteiger partial charge in [0.25, 0.3) is 0 Å². The quantitative estimate of drug-likeness (QED) is 0.172. The zero-order valence-electron chi connectivity index (χ0n) is 29.2. The molecule has 0 bridgehead atoms. The maximum absolute atomic E-state index is 5.46. The summed E-state index contributed by atoms with van der Waals surface area (Å²) in [4.78, 5) is 5.18. The second-order valence-electron chi connectivity index (χ2n) is 11.2. The van der Waals surface area contributed by atoms with Gasteiger partial charge in [0.1, 0.15) is 0 Å². The fourth-order valence-electron chi connectivity index (χ4n) is 4.81. The van der Waals surface area contributed by atoms with E-state index in [4.69, 9.17) is 10.3 Å². The second kappa shape index (κ2) is 22.4. The van der Waals surface area contributed by atoms with Crippen LogP contribution in [0.25, 0.3) is 32.5 Å². The van der Waals surface area contributed by atoms with E-state index in [0.29, 0.717) is 11.8 Å². The summed E-state index contributed by atoms with van der Waals surface area (Å²) in [5.41, 5.74) is 11.0. The average Bonchev–Trinajstić information content (AvgIpc) is 3.42. The SMILES string of the molecule is C[N-]C.C[N-]C.C[N-]C.Cc1cc(C)c(-c2csc(C([N-]c3c(C(C)C)cccc3C(C)C)c3ccccc3)n2)c(C)c1.[Hf]. The molecule has 0 aliphatic carbocycles. The third-order valence-electron chi connectivity index (χ3n) is 6.40. The number of hydrogen-bond donors (Lipinski definition) is 0. The Bertz CT molecular complexity index is 1280. The van der Waals surface area contributed by atoms with Crippen LogP contribution in [-0.4, -0.2) is 47.3 Å². The van der Waals surface area contributed by atoms with Crippen molar-refractivity contribution in [1.29, 1.82) is 0 Å². The van der Waals surface area contributed by atoms with E-state index in [1.54, 1.807) is 53.6 Å². The van der Waals surface area contributed by atoms with Gasteiger partial charge in [-0.15, -0.1) is 17.0 Å². The summed E-state index contributed by atoms with van der Waals surface area (Å²) >= 11 is 1.71. The summed E-state index contributed by atoms with van der Waals surface area (Å²) in [6.45, 7) is 15.5. The van der Waals surface area contributed by atoms with Crippen LogP contribution in [0, 0.1) is 20.8 Å². The fourth-order valence-corrected chi connectivity index (χ4v) is 5.68. The molecule has 0 aliphatic rings. The number of para-hydroxylation sites is 1. The number of benzene rings is 3. The van der Waals surface area contributed by atoms with Crippen LogP contribution in [0.3, 0.4) is 0 Å². The van der Waals surface area contributed by atoms with Crippen LogP contribution in [0.4, 0.5) is 5.69 Å². The minimum atomic E-state index is -0.136. The van der Waals surface area contributed by atoms with Crippen molar-refractivity contribution >= 4 is 17.0 Å². The third-order valence-corrected chi connectivity index (χ3v) is 7.30. The number of hydrogen-bond acceptors (Lipinski definition) is 2. The first-order valence-electron chi connectivity index (χ1n) is 14.9. The Hall–Kier alpha value is -2.16. The molecule has 7 heteroatoms. The van der Waals surface area contributed by atoms with Crippen LogP contribution in [0.1, 0.15) is 84.0 Å². The molecule has 0 amide bonds. The van der Waals surface area contributed by atoms with E-state index in [1.165, 1.54) is 38.9 Å². The van der Waals surface area contributed by atoms with Gasteiger partial charge >= 0.3 is 0 Å². The zero-order valence-corrected chi connectivity index (χ0v) is 33.6. The van der Waals surface area contributed by atoms with E-state index in [2.05, 4.69) is 130 Å². The minimum Gasteiger partial charge on any atom is -0.672 e. The molecule has 4 aromatic rings. The molecule has 240 valence electrons. The van der Waals surface area contributed by atoms with E-state index in [1.807, 2.05) is 0 Å². The van der Waals surface area contributed by atoms with E-state index < -0.39 is 0 Å². The maximum Gasteiger partial charge on any atom is 0.0831 e. The Morgan fingerprint density at radius 2 is 1.11 bits per heavy atom. The summed E-state index contributed by atoms with van der Waals surface area (Å²) in [6.07, 6.45) is 0. The first-order valence-corrected chi connectivity index (χ1v) is 15.7. The molecule has 0 saturated heterocycles. The Kier molecular flexibility index (Phi) is 21.3. The first-order chi connectivity index (χ1) is 20.5. The molecule has 1 unspecified atom stereocenters. The van der Waals surface area contributed by atoms with E-state index >= 15 is 0 Å². The predicted molar refractivity (Wildman–Crippen MR) is 193 cm³/mol. The Morgan fingerprint density at radius 1 is 0.659 bits per heavy atom. The molecule has 3 aromatic carbocycles. The summed E-state index contributed by atoms with van der Waals surface area (Å²) in [5, 5.41) is 19.2. The van der Waals surface area contributed by atoms with Crippen LogP contribution in [0.2, 0.25) is 0 Å². The van der Waals surface area contributed by atoms with Crippen molar-refractivity contribution in [1.82, 2.24) is 4.98 Å². The van der Waals surface area contributed by atoms with Crippen LogP contribution in [0.5, 0.6) is 0 Å². The van der Waals surface area contributed by atoms with Gasteiger partial charge in [-0.25, -0.2) is 4.98 Å². The van der Waals surface area contributed by atoms with Crippen molar-refractivity contribution in [3.8, 4) is 11.3 Å². The van der Waals surface area contributed by atoms with Crippen molar-refractivity contribution in [3.63, 3.8) is 0 Å². The molecule has 0 radical (unpaired) electrons. The molecular weight excluding hydrogens is 725 g/mol. The smallest absolute Gasteiger partial charge is 0.0831 e. The first kappa shape index (κ1) is 41.8. The standard InChI is InChI=1S/C31H35N2S.3C2H6N.Hf/c1-19(2)25-14-11-15-26(20(3)4)30(25)33-29(24-12-9-8-10-13-24)31-32-27(18-34-31)28-22(6)16-21(5)17-23(28)7;3*1-3-2;/h8-20,29H,1-7H3;3*1-2H3;/q4*-1;. The summed E-state index contributed by atoms with van der Waals surface area (Å²) in [6, 6.07) is 21.6. The van der Waals surface area contributed by atoms with Gasteiger partial charge < -0.3 is 21.3 Å². The number of rotatable bonds is 7. The summed E-state index contributed by atoms with van der Waals surface area (Å²) < 4.78 is 0. The van der Waals surface area contributed by atoms with E-state index in [9.17, 15) is 0 Å². The molecule has 0 aliphatic heterocycles. The molecule has 0 N–H and O–H groups in total. The largest absolute Gasteiger partial charge is 0.672 e. The van der Waals surface area contributed by atoms with Crippen LogP contribution in [0.15, 0.2) is 66.0 Å². The van der Waals surface area contributed by atoms with Crippen molar-refractivity contribution < 1.29 is 25.8 Å². The number of thiazole rings is 1. The van der Waals surface area contributed by atoms with E-state index in [-0.39, 0.29) is 31.9 Å². The van der Waals surface area contributed by atoms with Gasteiger partial charge in [0.15, 0.2) is 0 Å². The topological polar surface area (TPSA) is 69.3 Å². The normalized spacial score (nSPS) is 10.8. The zero-order chi connectivity index (χ0) is 32.5. The second-order valence-corrected chi connectivity index (χ2v) is 12.1. The van der Waals surface area contributed by atoms with Crippen molar-refractivity contribution in [3.05, 3.63) is 126 Å². The monoisotopic (exact) mass is 779 g/mol. The molecule has 0 saturated carbocycles. The van der Waals surface area contributed by atoms with Crippen LogP contribution < -0.4 is 0 Å². The third kappa shape index (κ3) is 12.7. The Labute approximate surface area is 291 Å². The number of nitrogens with zero attached hydrogens (tertiary/aromatic N) is 5. The van der Waals surface area contributed by atoms with Gasteiger partial charge in [0.2, 0.25) is 0 Å². The summed E-state index contributed by atoms with van der Waals surface area (Å²) in [7, 11) is 10.5. The molecule has 1 heterocycles. The molecular formula is C37H53HfN5S-4. The van der Waals surface area contributed by atoms with Crippen molar-refractivity contribution in [2.75, 3.05) is 42.3 Å². The number of aromatic nitrogens is 1. The van der Waals surface area contributed by atoms with Gasteiger partial charge in [0.05, 0.1) is 10.7 Å². The Balaban J connectivity index is 0.00000165. The number of aryl methyl sites for hydroxylation is 3. The predicted octanol–water partition coefficient (Wildman–Crippen LogP) is 11.6. The van der Waals surface area contributed by atoms with Gasteiger partial charge in [-0.1, -0.05) is 111 Å². The van der Waals surface area contributed by atoms with Gasteiger partial charge in [-0.3, -0.25) is 0 Å².